The highest BCUT2D eigenvalue weighted by Gasteiger charge is 2.29. The third-order valence-corrected chi connectivity index (χ3v) is 3.82. The van der Waals surface area contributed by atoms with Gasteiger partial charge in [0, 0.05) is 5.56 Å². The van der Waals surface area contributed by atoms with Crippen molar-refractivity contribution in [3.63, 3.8) is 0 Å². The Morgan fingerprint density at radius 2 is 1.76 bits per heavy atom. The van der Waals surface area contributed by atoms with Gasteiger partial charge in [0.05, 0.1) is 12.1 Å². The zero-order valence-corrected chi connectivity index (χ0v) is 12.8. The Hall–Kier alpha value is -1.88. The summed E-state index contributed by atoms with van der Waals surface area (Å²) in [7, 11) is 0. The first-order chi connectivity index (χ1) is 9.98. The molecular formula is C16H24N2O3. The van der Waals surface area contributed by atoms with Gasteiger partial charge in [0.2, 0.25) is 5.91 Å². The molecule has 0 saturated heterocycles. The average molecular weight is 292 g/mol. The van der Waals surface area contributed by atoms with Crippen LogP contribution in [0.3, 0.4) is 0 Å². The standard InChI is InChI=1S/C16H24N2O3/c1-4-16(5-2,11-19)18-14(20)12(3)17-15(21)13-9-7-6-8-10-13/h6-10,12,19H,4-5,11H2,1-3H3,(H,17,21)(H,18,20). The van der Waals surface area contributed by atoms with E-state index in [9.17, 15) is 14.7 Å². The molecule has 116 valence electrons. The van der Waals surface area contributed by atoms with E-state index in [-0.39, 0.29) is 18.4 Å². The molecule has 0 bridgehead atoms. The molecule has 0 spiro atoms. The molecule has 1 unspecified atom stereocenters. The second-order valence-electron chi connectivity index (χ2n) is 5.20. The molecule has 1 atom stereocenters. The van der Waals surface area contributed by atoms with Crippen molar-refractivity contribution in [2.24, 2.45) is 0 Å². The van der Waals surface area contributed by atoms with Crippen LogP contribution < -0.4 is 10.6 Å². The summed E-state index contributed by atoms with van der Waals surface area (Å²) in [6, 6.07) is 8.08. The van der Waals surface area contributed by atoms with Crippen LogP contribution in [0.25, 0.3) is 0 Å². The van der Waals surface area contributed by atoms with Crippen molar-refractivity contribution in [2.45, 2.75) is 45.2 Å². The number of rotatable bonds is 7. The fourth-order valence-corrected chi connectivity index (χ4v) is 1.99. The number of carbonyl (C=O) groups is 2. The van der Waals surface area contributed by atoms with Gasteiger partial charge >= 0.3 is 0 Å². The van der Waals surface area contributed by atoms with E-state index in [4.69, 9.17) is 0 Å². The number of carbonyl (C=O) groups excluding carboxylic acids is 2. The Morgan fingerprint density at radius 1 is 1.19 bits per heavy atom. The molecule has 0 aliphatic heterocycles. The van der Waals surface area contributed by atoms with Crippen LogP contribution >= 0.6 is 0 Å². The average Bonchev–Trinajstić information content (AvgIpc) is 2.53. The van der Waals surface area contributed by atoms with Crippen LogP contribution in [0, 0.1) is 0 Å². The lowest BCUT2D eigenvalue weighted by Gasteiger charge is -2.32. The van der Waals surface area contributed by atoms with Crippen LogP contribution in [0.15, 0.2) is 30.3 Å². The molecule has 2 amide bonds. The van der Waals surface area contributed by atoms with Gasteiger partial charge in [-0.1, -0.05) is 32.0 Å². The van der Waals surface area contributed by atoms with Gasteiger partial charge in [-0.2, -0.15) is 0 Å². The van der Waals surface area contributed by atoms with E-state index in [1.165, 1.54) is 0 Å². The lowest BCUT2D eigenvalue weighted by Crippen LogP contribution is -2.56. The van der Waals surface area contributed by atoms with Crippen molar-refractivity contribution in [3.05, 3.63) is 35.9 Å². The predicted molar refractivity (Wildman–Crippen MR) is 81.9 cm³/mol. The number of benzene rings is 1. The van der Waals surface area contributed by atoms with Gasteiger partial charge < -0.3 is 15.7 Å². The van der Waals surface area contributed by atoms with Crippen molar-refractivity contribution >= 4 is 11.8 Å². The molecule has 0 fully saturated rings. The molecule has 0 radical (unpaired) electrons. The van der Waals surface area contributed by atoms with Gasteiger partial charge in [0.25, 0.3) is 5.91 Å². The summed E-state index contributed by atoms with van der Waals surface area (Å²) in [5.74, 6) is -0.585. The topological polar surface area (TPSA) is 78.4 Å². The van der Waals surface area contributed by atoms with Crippen LogP contribution in [-0.4, -0.2) is 35.1 Å². The zero-order valence-electron chi connectivity index (χ0n) is 12.8. The maximum atomic E-state index is 12.2. The number of hydrogen-bond acceptors (Lipinski definition) is 3. The van der Waals surface area contributed by atoms with E-state index in [1.807, 2.05) is 19.9 Å². The molecule has 1 aromatic rings. The van der Waals surface area contributed by atoms with Crippen LogP contribution in [-0.2, 0) is 4.79 Å². The van der Waals surface area contributed by atoms with Crippen molar-refractivity contribution in [1.82, 2.24) is 10.6 Å². The number of amides is 2. The molecule has 3 N–H and O–H groups in total. The van der Waals surface area contributed by atoms with Crippen molar-refractivity contribution < 1.29 is 14.7 Å². The van der Waals surface area contributed by atoms with E-state index in [0.29, 0.717) is 18.4 Å². The summed E-state index contributed by atoms with van der Waals surface area (Å²) in [4.78, 5) is 24.2. The Morgan fingerprint density at radius 3 is 2.24 bits per heavy atom. The van der Waals surface area contributed by atoms with Gasteiger partial charge in [0.15, 0.2) is 0 Å². The first-order valence-corrected chi connectivity index (χ1v) is 7.26. The van der Waals surface area contributed by atoms with Gasteiger partial charge in [0.1, 0.15) is 6.04 Å². The minimum Gasteiger partial charge on any atom is -0.394 e. The second-order valence-corrected chi connectivity index (χ2v) is 5.20. The lowest BCUT2D eigenvalue weighted by atomic mass is 9.93. The van der Waals surface area contributed by atoms with Gasteiger partial charge in [-0.25, -0.2) is 0 Å². The van der Waals surface area contributed by atoms with Crippen LogP contribution in [0.2, 0.25) is 0 Å². The lowest BCUT2D eigenvalue weighted by molar-refractivity contribution is -0.125. The van der Waals surface area contributed by atoms with Crippen molar-refractivity contribution in [2.75, 3.05) is 6.61 Å². The largest absolute Gasteiger partial charge is 0.394 e. The smallest absolute Gasteiger partial charge is 0.251 e. The number of nitrogens with one attached hydrogen (secondary N) is 2. The van der Waals surface area contributed by atoms with Crippen molar-refractivity contribution in [1.29, 1.82) is 0 Å². The summed E-state index contributed by atoms with van der Waals surface area (Å²) >= 11 is 0. The molecular weight excluding hydrogens is 268 g/mol. The number of hydrogen-bond donors (Lipinski definition) is 3. The van der Waals surface area contributed by atoms with Crippen LogP contribution in [0.4, 0.5) is 0 Å². The first-order valence-electron chi connectivity index (χ1n) is 7.26. The Kier molecular flexibility index (Phi) is 6.37. The highest BCUT2D eigenvalue weighted by molar-refractivity contribution is 5.97. The molecule has 0 saturated carbocycles. The SMILES string of the molecule is CCC(CC)(CO)NC(=O)C(C)NC(=O)c1ccccc1. The van der Waals surface area contributed by atoms with Crippen LogP contribution in [0.1, 0.15) is 44.0 Å². The van der Waals surface area contributed by atoms with Crippen molar-refractivity contribution in [3.8, 4) is 0 Å². The van der Waals surface area contributed by atoms with Gasteiger partial charge in [-0.3, -0.25) is 9.59 Å². The fraction of sp³-hybridized carbons (Fsp3) is 0.500. The summed E-state index contributed by atoms with van der Waals surface area (Å²) in [6.07, 6.45) is 1.26. The monoisotopic (exact) mass is 292 g/mol. The summed E-state index contributed by atoms with van der Waals surface area (Å²) in [5, 5.41) is 15.0. The highest BCUT2D eigenvalue weighted by Crippen LogP contribution is 2.14. The molecule has 5 nitrogen and oxygen atoms in total. The van der Waals surface area contributed by atoms with E-state index < -0.39 is 11.6 Å². The first kappa shape index (κ1) is 17.2. The predicted octanol–water partition coefficient (Wildman–Crippen LogP) is 1.47. The molecule has 21 heavy (non-hydrogen) atoms. The zero-order chi connectivity index (χ0) is 15.9. The second kappa shape index (κ2) is 7.78. The molecule has 5 heteroatoms. The fourth-order valence-electron chi connectivity index (χ4n) is 1.99. The summed E-state index contributed by atoms with van der Waals surface area (Å²) < 4.78 is 0. The molecule has 0 aliphatic rings. The van der Waals surface area contributed by atoms with E-state index >= 15 is 0 Å². The van der Waals surface area contributed by atoms with E-state index in [1.54, 1.807) is 31.2 Å². The molecule has 1 rings (SSSR count). The molecule has 0 aromatic heterocycles. The molecule has 1 aromatic carbocycles. The quantitative estimate of drug-likeness (QED) is 0.712. The Labute approximate surface area is 125 Å². The summed E-state index contributed by atoms with van der Waals surface area (Å²) in [6.45, 7) is 5.33. The normalized spacial score (nSPS) is 12.6. The van der Waals surface area contributed by atoms with Gasteiger partial charge in [-0.05, 0) is 31.9 Å². The highest BCUT2D eigenvalue weighted by atomic mass is 16.3. The number of aliphatic hydroxyl groups excluding tert-OH is 1. The Bertz CT molecular complexity index is 461. The van der Waals surface area contributed by atoms with Crippen LogP contribution in [0.5, 0.6) is 0 Å². The Balaban J connectivity index is 2.65. The maximum absolute atomic E-state index is 12.2. The minimum atomic E-state index is -0.665. The maximum Gasteiger partial charge on any atom is 0.251 e. The van der Waals surface area contributed by atoms with E-state index in [2.05, 4.69) is 10.6 Å². The third kappa shape index (κ3) is 4.56. The molecule has 0 heterocycles. The summed E-state index contributed by atoms with van der Waals surface area (Å²) in [5.41, 5.74) is -0.112. The number of aliphatic hydroxyl groups is 1. The third-order valence-electron chi connectivity index (χ3n) is 3.82. The van der Waals surface area contributed by atoms with E-state index in [0.717, 1.165) is 0 Å². The van der Waals surface area contributed by atoms with Gasteiger partial charge in [-0.15, -0.1) is 0 Å². The molecule has 0 aliphatic carbocycles. The minimum absolute atomic E-state index is 0.120.